The van der Waals surface area contributed by atoms with Crippen LogP contribution in [-0.2, 0) is 0 Å². The summed E-state index contributed by atoms with van der Waals surface area (Å²) in [5.41, 5.74) is 1.81. The topological polar surface area (TPSA) is 59.3 Å². The maximum absolute atomic E-state index is 9.40. The molecule has 1 aliphatic heterocycles. The molecular formula is C15H21N3O. The van der Waals surface area contributed by atoms with Crippen LogP contribution in [0.15, 0.2) is 24.3 Å². The zero-order valence-electron chi connectivity index (χ0n) is 11.6. The highest BCUT2D eigenvalue weighted by atomic mass is 16.3. The van der Waals surface area contributed by atoms with Crippen LogP contribution in [0.2, 0.25) is 0 Å². The fourth-order valence-electron chi connectivity index (χ4n) is 2.54. The van der Waals surface area contributed by atoms with E-state index >= 15 is 0 Å². The number of hydrogen-bond acceptors (Lipinski definition) is 4. The summed E-state index contributed by atoms with van der Waals surface area (Å²) in [5, 5.41) is 21.6. The van der Waals surface area contributed by atoms with E-state index in [9.17, 15) is 5.11 Å². The Morgan fingerprint density at radius 3 is 2.68 bits per heavy atom. The molecule has 1 atom stereocenters. The van der Waals surface area contributed by atoms with Crippen molar-refractivity contribution < 1.29 is 5.11 Å². The van der Waals surface area contributed by atoms with Crippen molar-refractivity contribution in [3.63, 3.8) is 0 Å². The quantitative estimate of drug-likeness (QED) is 0.845. The lowest BCUT2D eigenvalue weighted by Gasteiger charge is -2.39. The van der Waals surface area contributed by atoms with Crippen LogP contribution in [0, 0.1) is 11.3 Å². The SMILES string of the molecule is CC1(C)CCNC(CO)CN1c1ccc(C#N)cc1. The molecule has 0 amide bonds. The van der Waals surface area contributed by atoms with Crippen molar-refractivity contribution in [2.24, 2.45) is 0 Å². The van der Waals surface area contributed by atoms with Crippen LogP contribution in [-0.4, -0.2) is 36.4 Å². The van der Waals surface area contributed by atoms with Crippen LogP contribution < -0.4 is 10.2 Å². The van der Waals surface area contributed by atoms with Crippen molar-refractivity contribution in [1.29, 1.82) is 5.26 Å². The van der Waals surface area contributed by atoms with E-state index < -0.39 is 0 Å². The lowest BCUT2D eigenvalue weighted by Crippen LogP contribution is -2.47. The first-order valence-corrected chi connectivity index (χ1v) is 6.69. The molecule has 0 spiro atoms. The minimum Gasteiger partial charge on any atom is -0.395 e. The predicted molar refractivity (Wildman–Crippen MR) is 76.1 cm³/mol. The summed E-state index contributed by atoms with van der Waals surface area (Å²) in [7, 11) is 0. The molecule has 1 saturated heterocycles. The monoisotopic (exact) mass is 259 g/mol. The zero-order valence-corrected chi connectivity index (χ0v) is 11.6. The number of aliphatic hydroxyl groups is 1. The van der Waals surface area contributed by atoms with Crippen molar-refractivity contribution in [3.8, 4) is 6.07 Å². The smallest absolute Gasteiger partial charge is 0.0991 e. The Hall–Kier alpha value is -1.57. The second kappa shape index (κ2) is 5.60. The van der Waals surface area contributed by atoms with Crippen LogP contribution in [0.4, 0.5) is 5.69 Å². The first kappa shape index (κ1) is 13.9. The van der Waals surface area contributed by atoms with Crippen LogP contribution in [0.3, 0.4) is 0 Å². The molecule has 4 heteroatoms. The van der Waals surface area contributed by atoms with E-state index in [1.807, 2.05) is 24.3 Å². The summed E-state index contributed by atoms with van der Waals surface area (Å²) in [4.78, 5) is 2.31. The second-order valence-corrected chi connectivity index (χ2v) is 5.67. The third-order valence-corrected chi connectivity index (χ3v) is 3.83. The molecule has 0 bridgehead atoms. The normalized spacial score (nSPS) is 22.6. The number of anilines is 1. The molecule has 4 nitrogen and oxygen atoms in total. The van der Waals surface area contributed by atoms with Gasteiger partial charge in [0.25, 0.3) is 0 Å². The van der Waals surface area contributed by atoms with Crippen LogP contribution in [0.5, 0.6) is 0 Å². The van der Waals surface area contributed by atoms with Gasteiger partial charge in [-0.2, -0.15) is 5.26 Å². The molecule has 2 N–H and O–H groups in total. The van der Waals surface area contributed by atoms with Gasteiger partial charge in [0.2, 0.25) is 0 Å². The van der Waals surface area contributed by atoms with E-state index in [1.165, 1.54) is 0 Å². The first-order valence-electron chi connectivity index (χ1n) is 6.69. The Balaban J connectivity index is 2.28. The molecule has 0 saturated carbocycles. The van der Waals surface area contributed by atoms with Gasteiger partial charge in [-0.05, 0) is 51.1 Å². The van der Waals surface area contributed by atoms with Crippen molar-refractivity contribution in [2.75, 3.05) is 24.6 Å². The summed E-state index contributed by atoms with van der Waals surface area (Å²) in [6.45, 7) is 6.25. The predicted octanol–water partition coefficient (Wildman–Crippen LogP) is 1.50. The second-order valence-electron chi connectivity index (χ2n) is 5.67. The Bertz CT molecular complexity index is 461. The van der Waals surface area contributed by atoms with Crippen molar-refractivity contribution in [2.45, 2.75) is 31.8 Å². The minimum absolute atomic E-state index is 0.0328. The molecule has 102 valence electrons. The Kier molecular flexibility index (Phi) is 4.08. The standard InChI is InChI=1S/C15H21N3O/c1-15(2)7-8-17-13(11-19)10-18(15)14-5-3-12(9-16)4-6-14/h3-6,13,17,19H,7-8,10-11H2,1-2H3. The van der Waals surface area contributed by atoms with Gasteiger partial charge in [-0.3, -0.25) is 0 Å². The van der Waals surface area contributed by atoms with E-state index in [4.69, 9.17) is 5.26 Å². The fourth-order valence-corrected chi connectivity index (χ4v) is 2.54. The third-order valence-electron chi connectivity index (χ3n) is 3.83. The number of aliphatic hydroxyl groups excluding tert-OH is 1. The van der Waals surface area contributed by atoms with Gasteiger partial charge in [-0.1, -0.05) is 0 Å². The van der Waals surface area contributed by atoms with E-state index in [1.54, 1.807) is 0 Å². The largest absolute Gasteiger partial charge is 0.395 e. The number of hydrogen-bond donors (Lipinski definition) is 2. The molecule has 2 rings (SSSR count). The third kappa shape index (κ3) is 3.06. The molecule has 0 radical (unpaired) electrons. The molecule has 19 heavy (non-hydrogen) atoms. The molecule has 1 aromatic rings. The van der Waals surface area contributed by atoms with Crippen LogP contribution >= 0.6 is 0 Å². The van der Waals surface area contributed by atoms with Crippen LogP contribution in [0.1, 0.15) is 25.8 Å². The molecule has 1 aromatic carbocycles. The molecule has 1 aliphatic rings. The van der Waals surface area contributed by atoms with Gasteiger partial charge in [0.15, 0.2) is 0 Å². The number of benzene rings is 1. The van der Waals surface area contributed by atoms with Crippen molar-refractivity contribution in [3.05, 3.63) is 29.8 Å². The molecule has 0 aliphatic carbocycles. The summed E-state index contributed by atoms with van der Waals surface area (Å²) in [6.07, 6.45) is 1.02. The lowest BCUT2D eigenvalue weighted by atomic mass is 9.97. The average Bonchev–Trinajstić information content (AvgIpc) is 2.57. The lowest BCUT2D eigenvalue weighted by molar-refractivity contribution is 0.248. The summed E-state index contributed by atoms with van der Waals surface area (Å²) < 4.78 is 0. The number of nitriles is 1. The van der Waals surface area contributed by atoms with Gasteiger partial charge in [0.1, 0.15) is 0 Å². The molecule has 0 aromatic heterocycles. The highest BCUT2D eigenvalue weighted by molar-refractivity contribution is 5.52. The van der Waals surface area contributed by atoms with E-state index in [2.05, 4.69) is 30.1 Å². The summed E-state index contributed by atoms with van der Waals surface area (Å²) >= 11 is 0. The summed E-state index contributed by atoms with van der Waals surface area (Å²) in [6, 6.07) is 9.90. The van der Waals surface area contributed by atoms with Crippen LogP contribution in [0.25, 0.3) is 0 Å². The van der Waals surface area contributed by atoms with E-state index in [0.29, 0.717) is 5.56 Å². The number of rotatable bonds is 2. The number of nitrogens with zero attached hydrogens (tertiary/aromatic N) is 2. The maximum atomic E-state index is 9.40. The summed E-state index contributed by atoms with van der Waals surface area (Å²) in [5.74, 6) is 0. The van der Waals surface area contributed by atoms with Crippen molar-refractivity contribution in [1.82, 2.24) is 5.32 Å². The minimum atomic E-state index is 0.0328. The molecule has 1 fully saturated rings. The number of nitrogens with one attached hydrogen (secondary N) is 1. The first-order chi connectivity index (χ1) is 9.06. The Morgan fingerprint density at radius 2 is 2.11 bits per heavy atom. The maximum Gasteiger partial charge on any atom is 0.0991 e. The van der Waals surface area contributed by atoms with Gasteiger partial charge < -0.3 is 15.3 Å². The highest BCUT2D eigenvalue weighted by Crippen LogP contribution is 2.28. The Morgan fingerprint density at radius 1 is 1.42 bits per heavy atom. The molecule has 1 unspecified atom stereocenters. The van der Waals surface area contributed by atoms with E-state index in [-0.39, 0.29) is 18.2 Å². The van der Waals surface area contributed by atoms with Gasteiger partial charge in [0.05, 0.1) is 18.2 Å². The van der Waals surface area contributed by atoms with Gasteiger partial charge in [0, 0.05) is 23.8 Å². The van der Waals surface area contributed by atoms with Gasteiger partial charge in [-0.15, -0.1) is 0 Å². The van der Waals surface area contributed by atoms with Gasteiger partial charge >= 0.3 is 0 Å². The average molecular weight is 259 g/mol. The Labute approximate surface area is 114 Å². The molecular weight excluding hydrogens is 238 g/mol. The fraction of sp³-hybridized carbons (Fsp3) is 0.533. The van der Waals surface area contributed by atoms with Crippen molar-refractivity contribution >= 4 is 5.69 Å². The zero-order chi connectivity index (χ0) is 13.9. The van der Waals surface area contributed by atoms with Gasteiger partial charge in [-0.25, -0.2) is 0 Å². The van der Waals surface area contributed by atoms with E-state index in [0.717, 1.165) is 25.2 Å². The highest BCUT2D eigenvalue weighted by Gasteiger charge is 2.31. The molecule has 1 heterocycles.